The maximum Gasteiger partial charge on any atom is 0.224 e. The molecule has 0 saturated heterocycles. The van der Waals surface area contributed by atoms with Gasteiger partial charge in [0.1, 0.15) is 5.75 Å². The number of ether oxygens (including phenoxy) is 1. The lowest BCUT2D eigenvalue weighted by Gasteiger charge is -2.07. The van der Waals surface area contributed by atoms with E-state index in [1.54, 1.807) is 31.4 Å². The highest BCUT2D eigenvalue weighted by molar-refractivity contribution is 6.00. The van der Waals surface area contributed by atoms with E-state index in [9.17, 15) is 9.59 Å². The number of amides is 1. The molecule has 1 fully saturated rings. The smallest absolute Gasteiger partial charge is 0.224 e. The molecule has 2 aromatic rings. The van der Waals surface area contributed by atoms with Crippen LogP contribution < -0.4 is 10.1 Å². The average Bonchev–Trinajstić information content (AvgIpc) is 3.45. The maximum absolute atomic E-state index is 12.0. The molecule has 3 rings (SSSR count). The van der Waals surface area contributed by atoms with Crippen LogP contribution in [0.15, 0.2) is 48.5 Å². The van der Waals surface area contributed by atoms with Crippen LogP contribution in [0.5, 0.6) is 5.75 Å². The molecule has 0 radical (unpaired) electrons. The topological polar surface area (TPSA) is 55.4 Å². The first kappa shape index (κ1) is 16.2. The van der Waals surface area contributed by atoms with Gasteiger partial charge in [0.15, 0.2) is 5.78 Å². The number of anilines is 1. The molecular weight excluding hydrogens is 302 g/mol. The van der Waals surface area contributed by atoms with Gasteiger partial charge in [-0.05, 0) is 61.2 Å². The summed E-state index contributed by atoms with van der Waals surface area (Å²) in [7, 11) is 1.63. The highest BCUT2D eigenvalue weighted by atomic mass is 16.5. The number of carbonyl (C=O) groups is 2. The number of hydrogen-bond donors (Lipinski definition) is 1. The summed E-state index contributed by atoms with van der Waals surface area (Å²) in [6.07, 6.45) is 3.09. The Bertz CT molecular complexity index is 716. The molecule has 4 heteroatoms. The first-order valence-corrected chi connectivity index (χ1v) is 8.23. The molecule has 0 unspecified atom stereocenters. The van der Waals surface area contributed by atoms with Gasteiger partial charge in [-0.25, -0.2) is 0 Å². The van der Waals surface area contributed by atoms with Gasteiger partial charge >= 0.3 is 0 Å². The molecule has 124 valence electrons. The van der Waals surface area contributed by atoms with Crippen LogP contribution in [0.1, 0.15) is 35.2 Å². The minimum Gasteiger partial charge on any atom is -0.497 e. The molecule has 2 aromatic carbocycles. The second-order valence-electron chi connectivity index (χ2n) is 6.11. The third-order valence-electron chi connectivity index (χ3n) is 4.20. The van der Waals surface area contributed by atoms with Crippen molar-refractivity contribution in [3.8, 4) is 5.75 Å². The summed E-state index contributed by atoms with van der Waals surface area (Å²) < 4.78 is 5.12. The van der Waals surface area contributed by atoms with E-state index < -0.39 is 0 Å². The number of nitrogens with one attached hydrogen (secondary N) is 1. The van der Waals surface area contributed by atoms with E-state index in [1.165, 1.54) is 0 Å². The molecule has 24 heavy (non-hydrogen) atoms. The third-order valence-corrected chi connectivity index (χ3v) is 4.20. The lowest BCUT2D eigenvalue weighted by Crippen LogP contribution is -2.12. The largest absolute Gasteiger partial charge is 0.497 e. The van der Waals surface area contributed by atoms with Crippen molar-refractivity contribution in [2.75, 3.05) is 12.4 Å². The molecule has 1 aliphatic carbocycles. The van der Waals surface area contributed by atoms with E-state index in [1.807, 2.05) is 24.3 Å². The van der Waals surface area contributed by atoms with Crippen molar-refractivity contribution in [3.05, 3.63) is 59.7 Å². The summed E-state index contributed by atoms with van der Waals surface area (Å²) in [6, 6.07) is 14.9. The van der Waals surface area contributed by atoms with Crippen molar-refractivity contribution >= 4 is 17.4 Å². The van der Waals surface area contributed by atoms with Crippen LogP contribution in [0.2, 0.25) is 0 Å². The Hall–Kier alpha value is -2.62. The predicted molar refractivity (Wildman–Crippen MR) is 93.4 cm³/mol. The Morgan fingerprint density at radius 1 is 1.04 bits per heavy atom. The summed E-state index contributed by atoms with van der Waals surface area (Å²) in [6.45, 7) is 0. The molecule has 1 saturated carbocycles. The number of carbonyl (C=O) groups excluding carboxylic acids is 2. The first-order chi connectivity index (χ1) is 11.7. The van der Waals surface area contributed by atoms with E-state index >= 15 is 0 Å². The average molecular weight is 323 g/mol. The van der Waals surface area contributed by atoms with Crippen molar-refractivity contribution < 1.29 is 14.3 Å². The van der Waals surface area contributed by atoms with Crippen LogP contribution >= 0.6 is 0 Å². The molecule has 0 spiro atoms. The zero-order valence-electron chi connectivity index (χ0n) is 13.7. The van der Waals surface area contributed by atoms with Crippen LogP contribution in [0.25, 0.3) is 0 Å². The van der Waals surface area contributed by atoms with Crippen molar-refractivity contribution in [2.24, 2.45) is 5.92 Å². The second kappa shape index (κ2) is 7.30. The lowest BCUT2D eigenvalue weighted by molar-refractivity contribution is -0.116. The van der Waals surface area contributed by atoms with Crippen molar-refractivity contribution in [1.29, 1.82) is 0 Å². The Morgan fingerprint density at radius 2 is 1.71 bits per heavy atom. The van der Waals surface area contributed by atoms with E-state index in [-0.39, 0.29) is 17.6 Å². The molecule has 0 aliphatic heterocycles. The van der Waals surface area contributed by atoms with Crippen LogP contribution in [0.3, 0.4) is 0 Å². The van der Waals surface area contributed by atoms with Crippen molar-refractivity contribution in [2.45, 2.75) is 25.7 Å². The van der Waals surface area contributed by atoms with Crippen LogP contribution in [0, 0.1) is 5.92 Å². The fourth-order valence-corrected chi connectivity index (χ4v) is 2.57. The Balaban J connectivity index is 1.49. The zero-order valence-corrected chi connectivity index (χ0v) is 13.7. The Kier molecular flexibility index (Phi) is 4.94. The Morgan fingerprint density at radius 3 is 2.29 bits per heavy atom. The van der Waals surface area contributed by atoms with Crippen LogP contribution in [0.4, 0.5) is 5.69 Å². The van der Waals surface area contributed by atoms with E-state index in [4.69, 9.17) is 4.74 Å². The van der Waals surface area contributed by atoms with Gasteiger partial charge in [-0.3, -0.25) is 9.59 Å². The summed E-state index contributed by atoms with van der Waals surface area (Å²) in [5, 5.41) is 2.87. The molecule has 4 nitrogen and oxygen atoms in total. The second-order valence-corrected chi connectivity index (χ2v) is 6.11. The number of hydrogen-bond acceptors (Lipinski definition) is 3. The number of methoxy groups -OCH3 is 1. The van der Waals surface area contributed by atoms with Gasteiger partial charge in [0, 0.05) is 23.6 Å². The lowest BCUT2D eigenvalue weighted by atomic mass is 10.1. The van der Waals surface area contributed by atoms with Crippen molar-refractivity contribution in [3.63, 3.8) is 0 Å². The van der Waals surface area contributed by atoms with Crippen molar-refractivity contribution in [1.82, 2.24) is 0 Å². The molecule has 0 atom stereocenters. The van der Waals surface area contributed by atoms with Gasteiger partial charge in [0.2, 0.25) is 5.91 Å². The molecule has 1 amide bonds. The maximum atomic E-state index is 12.0. The molecule has 1 N–H and O–H groups in total. The van der Waals surface area contributed by atoms with Crippen LogP contribution in [-0.2, 0) is 11.2 Å². The fourth-order valence-electron chi connectivity index (χ4n) is 2.57. The van der Waals surface area contributed by atoms with Gasteiger partial charge in [-0.2, -0.15) is 0 Å². The summed E-state index contributed by atoms with van der Waals surface area (Å²) in [5.74, 6) is 1.21. The van der Waals surface area contributed by atoms with Crippen LogP contribution in [-0.4, -0.2) is 18.8 Å². The molecule has 0 heterocycles. The standard InChI is InChI=1S/C20H21NO3/c1-24-18-11-2-14(3-12-18)4-13-19(22)21-17-9-7-16(8-10-17)20(23)15-5-6-15/h2-3,7-12,15H,4-6,13H2,1H3,(H,21,22). The number of Topliss-reactive ketones (excluding diaryl/α,β-unsaturated/α-hetero) is 1. The number of benzene rings is 2. The van der Waals surface area contributed by atoms with Gasteiger partial charge in [-0.15, -0.1) is 0 Å². The minimum atomic E-state index is -0.0351. The van der Waals surface area contributed by atoms with Gasteiger partial charge in [-0.1, -0.05) is 12.1 Å². The van der Waals surface area contributed by atoms with Gasteiger partial charge in [0.25, 0.3) is 0 Å². The number of aryl methyl sites for hydroxylation is 1. The summed E-state index contributed by atoms with van der Waals surface area (Å²) in [5.41, 5.74) is 2.55. The molecule has 0 aromatic heterocycles. The minimum absolute atomic E-state index is 0.0351. The quantitative estimate of drug-likeness (QED) is 0.787. The summed E-state index contributed by atoms with van der Waals surface area (Å²) in [4.78, 5) is 24.0. The fraction of sp³-hybridized carbons (Fsp3) is 0.300. The van der Waals surface area contributed by atoms with E-state index in [0.29, 0.717) is 12.8 Å². The number of ketones is 1. The zero-order chi connectivity index (χ0) is 16.9. The predicted octanol–water partition coefficient (Wildman–Crippen LogP) is 3.86. The molecule has 1 aliphatic rings. The Labute approximate surface area is 141 Å². The number of rotatable bonds is 7. The van der Waals surface area contributed by atoms with Gasteiger partial charge in [0.05, 0.1) is 7.11 Å². The first-order valence-electron chi connectivity index (χ1n) is 8.23. The third kappa shape index (κ3) is 4.22. The molecular formula is C20H21NO3. The van der Waals surface area contributed by atoms with E-state index in [2.05, 4.69) is 5.32 Å². The highest BCUT2D eigenvalue weighted by Gasteiger charge is 2.30. The SMILES string of the molecule is COc1ccc(CCC(=O)Nc2ccc(C(=O)C3CC3)cc2)cc1. The van der Waals surface area contributed by atoms with E-state index in [0.717, 1.165) is 35.4 Å². The van der Waals surface area contributed by atoms with Gasteiger partial charge < -0.3 is 10.1 Å². The molecule has 0 bridgehead atoms. The highest BCUT2D eigenvalue weighted by Crippen LogP contribution is 2.32. The monoisotopic (exact) mass is 323 g/mol. The summed E-state index contributed by atoms with van der Waals surface area (Å²) >= 11 is 0. The normalized spacial score (nSPS) is 13.4.